The molecule has 0 radical (unpaired) electrons. The molecule has 0 aliphatic heterocycles. The number of hydrogen-bond acceptors (Lipinski definition) is 2. The van der Waals surface area contributed by atoms with Crippen LogP contribution >= 0.6 is 11.6 Å². The lowest BCUT2D eigenvalue weighted by atomic mass is 10.3. The number of hydrogen-bond donors (Lipinski definition) is 1. The van der Waals surface area contributed by atoms with Crippen molar-refractivity contribution in [2.45, 2.75) is 6.43 Å². The van der Waals surface area contributed by atoms with E-state index in [4.69, 9.17) is 16.7 Å². The number of aromatic nitrogens is 1. The molecular weight excluding hydrogens is 176 g/mol. The molecule has 0 fully saturated rings. The topological polar surface area (TPSA) is 33.1 Å². The number of rotatable bonds is 1. The smallest absolute Gasteiger partial charge is 0.284 e. The van der Waals surface area contributed by atoms with Gasteiger partial charge < -0.3 is 5.11 Å². The number of alkyl halides is 2. The van der Waals surface area contributed by atoms with Gasteiger partial charge in [0.05, 0.1) is 0 Å². The standard InChI is InChI=1S/C6H4ClF2NO/c7-4-2-1-3(11)5(10-4)6(8)9/h1-2,6,11H. The van der Waals surface area contributed by atoms with Crippen molar-refractivity contribution >= 4 is 11.6 Å². The number of nitrogens with zero attached hydrogens (tertiary/aromatic N) is 1. The average molecular weight is 180 g/mol. The van der Waals surface area contributed by atoms with Gasteiger partial charge in [-0.05, 0) is 12.1 Å². The van der Waals surface area contributed by atoms with Gasteiger partial charge in [-0.1, -0.05) is 11.6 Å². The second-order valence-corrected chi connectivity index (χ2v) is 2.23. The summed E-state index contributed by atoms with van der Waals surface area (Å²) in [6.07, 6.45) is -2.80. The minimum Gasteiger partial charge on any atom is -0.506 e. The Hall–Kier alpha value is -0.900. The minimum atomic E-state index is -2.80. The van der Waals surface area contributed by atoms with Crippen LogP contribution < -0.4 is 0 Å². The van der Waals surface area contributed by atoms with Crippen molar-refractivity contribution in [3.8, 4) is 5.75 Å². The van der Waals surface area contributed by atoms with E-state index >= 15 is 0 Å². The fourth-order valence-corrected chi connectivity index (χ4v) is 0.757. The van der Waals surface area contributed by atoms with Gasteiger partial charge in [0, 0.05) is 0 Å². The van der Waals surface area contributed by atoms with Crippen LogP contribution in [0.25, 0.3) is 0 Å². The summed E-state index contributed by atoms with van der Waals surface area (Å²) in [5.74, 6) is -0.538. The van der Waals surface area contributed by atoms with Gasteiger partial charge in [0.25, 0.3) is 6.43 Å². The lowest BCUT2D eigenvalue weighted by molar-refractivity contribution is 0.142. The van der Waals surface area contributed by atoms with Gasteiger partial charge in [-0.25, -0.2) is 13.8 Å². The van der Waals surface area contributed by atoms with Crippen LogP contribution in [0.15, 0.2) is 12.1 Å². The van der Waals surface area contributed by atoms with Crippen LogP contribution in [0.5, 0.6) is 5.75 Å². The monoisotopic (exact) mass is 179 g/mol. The largest absolute Gasteiger partial charge is 0.506 e. The first-order valence-corrected chi connectivity index (χ1v) is 3.12. The third-order valence-electron chi connectivity index (χ3n) is 1.08. The van der Waals surface area contributed by atoms with Gasteiger partial charge in [-0.15, -0.1) is 0 Å². The van der Waals surface area contributed by atoms with Crippen molar-refractivity contribution in [1.29, 1.82) is 0 Å². The first-order chi connectivity index (χ1) is 5.11. The molecule has 5 heteroatoms. The van der Waals surface area contributed by atoms with Gasteiger partial charge in [-0.2, -0.15) is 0 Å². The lowest BCUT2D eigenvalue weighted by Gasteiger charge is -2.00. The van der Waals surface area contributed by atoms with E-state index in [9.17, 15) is 8.78 Å². The van der Waals surface area contributed by atoms with Crippen molar-refractivity contribution in [3.63, 3.8) is 0 Å². The van der Waals surface area contributed by atoms with Gasteiger partial charge in [0.2, 0.25) is 0 Å². The fourth-order valence-electron chi connectivity index (χ4n) is 0.603. The third kappa shape index (κ3) is 1.77. The maximum absolute atomic E-state index is 11.9. The molecule has 2 nitrogen and oxygen atoms in total. The molecule has 1 aromatic rings. The molecule has 0 aliphatic rings. The van der Waals surface area contributed by atoms with E-state index in [1.165, 1.54) is 6.07 Å². The summed E-state index contributed by atoms with van der Waals surface area (Å²) >= 11 is 5.31. The van der Waals surface area contributed by atoms with Crippen LogP contribution in [0.2, 0.25) is 5.15 Å². The predicted molar refractivity (Wildman–Crippen MR) is 35.9 cm³/mol. The molecule has 1 rings (SSSR count). The van der Waals surface area contributed by atoms with E-state index in [1.807, 2.05) is 0 Å². The Balaban J connectivity index is 3.13. The summed E-state index contributed by atoms with van der Waals surface area (Å²) in [6.45, 7) is 0. The van der Waals surface area contributed by atoms with Crippen LogP contribution in [0.4, 0.5) is 8.78 Å². The summed E-state index contributed by atoms with van der Waals surface area (Å²) in [5.41, 5.74) is -0.683. The van der Waals surface area contributed by atoms with E-state index < -0.39 is 17.9 Å². The Kier molecular flexibility index (Phi) is 2.24. The third-order valence-corrected chi connectivity index (χ3v) is 1.29. The van der Waals surface area contributed by atoms with Gasteiger partial charge in [0.1, 0.15) is 16.6 Å². The van der Waals surface area contributed by atoms with Gasteiger partial charge in [-0.3, -0.25) is 0 Å². The van der Waals surface area contributed by atoms with Crippen molar-refractivity contribution in [2.24, 2.45) is 0 Å². The molecule has 11 heavy (non-hydrogen) atoms. The summed E-state index contributed by atoms with van der Waals surface area (Å²) < 4.78 is 23.9. The quantitative estimate of drug-likeness (QED) is 0.672. The predicted octanol–water partition coefficient (Wildman–Crippen LogP) is 2.38. The molecule has 1 aromatic heterocycles. The van der Waals surface area contributed by atoms with Gasteiger partial charge in [0.15, 0.2) is 0 Å². The Morgan fingerprint density at radius 1 is 1.45 bits per heavy atom. The molecule has 0 unspecified atom stereocenters. The van der Waals surface area contributed by atoms with Crippen molar-refractivity contribution in [2.75, 3.05) is 0 Å². The zero-order valence-electron chi connectivity index (χ0n) is 5.26. The average Bonchev–Trinajstić information content (AvgIpc) is 1.94. The molecule has 0 aromatic carbocycles. The second-order valence-electron chi connectivity index (χ2n) is 1.84. The molecule has 0 amide bonds. The van der Waals surface area contributed by atoms with E-state index in [-0.39, 0.29) is 5.15 Å². The van der Waals surface area contributed by atoms with Crippen LogP contribution in [0, 0.1) is 0 Å². The van der Waals surface area contributed by atoms with E-state index in [1.54, 1.807) is 0 Å². The fraction of sp³-hybridized carbons (Fsp3) is 0.167. The van der Waals surface area contributed by atoms with Crippen molar-refractivity contribution < 1.29 is 13.9 Å². The van der Waals surface area contributed by atoms with E-state index in [0.717, 1.165) is 6.07 Å². The number of pyridine rings is 1. The first-order valence-electron chi connectivity index (χ1n) is 2.75. The highest BCUT2D eigenvalue weighted by molar-refractivity contribution is 6.29. The van der Waals surface area contributed by atoms with Crippen LogP contribution in [-0.4, -0.2) is 10.1 Å². The zero-order chi connectivity index (χ0) is 8.43. The molecule has 0 saturated heterocycles. The minimum absolute atomic E-state index is 0.0573. The molecule has 60 valence electrons. The molecule has 0 spiro atoms. The van der Waals surface area contributed by atoms with Crippen LogP contribution in [0.3, 0.4) is 0 Å². The maximum atomic E-state index is 11.9. The lowest BCUT2D eigenvalue weighted by Crippen LogP contribution is -1.90. The highest BCUT2D eigenvalue weighted by Gasteiger charge is 2.14. The van der Waals surface area contributed by atoms with Crippen LogP contribution in [-0.2, 0) is 0 Å². The maximum Gasteiger partial charge on any atom is 0.284 e. The van der Waals surface area contributed by atoms with Gasteiger partial charge >= 0.3 is 0 Å². The second kappa shape index (κ2) is 3.00. The number of halogens is 3. The molecule has 0 bridgehead atoms. The highest BCUT2D eigenvalue weighted by atomic mass is 35.5. The molecule has 1 heterocycles. The van der Waals surface area contributed by atoms with E-state index in [2.05, 4.69) is 4.98 Å². The molecule has 0 atom stereocenters. The molecule has 0 aliphatic carbocycles. The SMILES string of the molecule is Oc1ccc(Cl)nc1C(F)F. The molecule has 1 N–H and O–H groups in total. The Morgan fingerprint density at radius 2 is 2.09 bits per heavy atom. The first kappa shape index (κ1) is 8.20. The van der Waals surface area contributed by atoms with E-state index in [0.29, 0.717) is 0 Å². The summed E-state index contributed by atoms with van der Waals surface area (Å²) in [4.78, 5) is 3.24. The summed E-state index contributed by atoms with van der Waals surface area (Å²) in [6, 6.07) is 2.32. The summed E-state index contributed by atoms with van der Waals surface area (Å²) in [5, 5.41) is 8.75. The normalized spacial score (nSPS) is 10.5. The Labute approximate surface area is 66.4 Å². The van der Waals surface area contributed by atoms with Crippen molar-refractivity contribution in [3.05, 3.63) is 23.0 Å². The Bertz CT molecular complexity index is 267. The Morgan fingerprint density at radius 3 is 2.55 bits per heavy atom. The summed E-state index contributed by atoms with van der Waals surface area (Å²) in [7, 11) is 0. The highest BCUT2D eigenvalue weighted by Crippen LogP contribution is 2.26. The molecular formula is C6H4ClF2NO. The van der Waals surface area contributed by atoms with Crippen molar-refractivity contribution in [1.82, 2.24) is 4.98 Å². The van der Waals surface area contributed by atoms with Crippen LogP contribution in [0.1, 0.15) is 12.1 Å². The zero-order valence-corrected chi connectivity index (χ0v) is 6.02. The number of aromatic hydroxyl groups is 1. The molecule has 0 saturated carbocycles.